The molecular formula is C59H109N6O19P. The zero-order chi connectivity index (χ0) is 63.8. The van der Waals surface area contributed by atoms with Gasteiger partial charge in [-0.3, -0.25) is 47.4 Å². The number of aliphatic hydroxyl groups excluding tert-OH is 3. The van der Waals surface area contributed by atoms with Crippen molar-refractivity contribution in [3.8, 4) is 0 Å². The first-order valence-corrected chi connectivity index (χ1v) is 32.8. The van der Waals surface area contributed by atoms with Crippen LogP contribution in [-0.4, -0.2) is 162 Å². The minimum Gasteiger partial charge on any atom is -0.462 e. The van der Waals surface area contributed by atoms with Crippen LogP contribution in [0.2, 0.25) is 0 Å². The number of carbonyl (C=O) groups is 9. The first kappa shape index (κ1) is 80.4. The second-order valence-electron chi connectivity index (χ2n) is 22.0. The van der Waals surface area contributed by atoms with Crippen LogP contribution in [0.5, 0.6) is 0 Å². The van der Waals surface area contributed by atoms with Crippen molar-refractivity contribution in [2.24, 2.45) is 5.73 Å². The first-order chi connectivity index (χ1) is 40.5. The van der Waals surface area contributed by atoms with E-state index in [-0.39, 0.29) is 32.1 Å². The fourth-order valence-electron chi connectivity index (χ4n) is 8.96. The molecule has 0 aromatic heterocycles. The minimum absolute atomic E-state index is 0.105. The molecule has 0 aromatic carbocycles. The standard InChI is InChI=1S/C59H109N6O19P/c1-7-9-11-13-15-17-19-21-23-25-27-29-31-33-52(71)80-41-47(84-53(72)34-32-30-28-26-24-22-20-18-16-14-12-10-8-2)42-82-85(78,79)81-38-37-61-57(75)43(3)62-51(70)36-35-48(56(60)74)65-58(76)44(4)63-59(77)45(5)83-55(54(73)50(69)40-67)49(39-66)64-46(6)68/h39,43-45,47-50,54-55,67,69,73H,7-38,40-42H2,1-6H3,(H2,60,74)(H,61,75)(H,62,70)(H,63,77)(H,64,68)(H,65,76)(H,78,79). The fraction of sp³-hybridized carbons (Fsp3) is 0.847. The topological polar surface area (TPSA) is 384 Å². The Balaban J connectivity index is 5.13. The quantitative estimate of drug-likeness (QED) is 0.0153. The normalized spacial score (nSPS) is 15.3. The van der Waals surface area contributed by atoms with Crippen molar-refractivity contribution in [3.05, 3.63) is 0 Å². The molecule has 25 nitrogen and oxygen atoms in total. The average Bonchev–Trinajstić information content (AvgIpc) is 3.67. The van der Waals surface area contributed by atoms with E-state index in [1.165, 1.54) is 130 Å². The van der Waals surface area contributed by atoms with E-state index in [1.807, 2.05) is 0 Å². The Morgan fingerprint density at radius 3 is 1.52 bits per heavy atom. The number of aliphatic hydroxyl groups is 3. The van der Waals surface area contributed by atoms with E-state index < -0.39 is 143 Å². The highest BCUT2D eigenvalue weighted by atomic mass is 31.2. The van der Waals surface area contributed by atoms with E-state index >= 15 is 0 Å². The molecule has 6 amide bonds. The molecule has 0 aromatic rings. The number of rotatable bonds is 56. The van der Waals surface area contributed by atoms with E-state index in [9.17, 15) is 67.9 Å². The maximum Gasteiger partial charge on any atom is 0.472 e. The third-order valence-electron chi connectivity index (χ3n) is 14.1. The lowest BCUT2D eigenvalue weighted by atomic mass is 10.0. The predicted octanol–water partition coefficient (Wildman–Crippen LogP) is 5.60. The Kier molecular flexibility index (Phi) is 47.6. The van der Waals surface area contributed by atoms with Crippen molar-refractivity contribution >= 4 is 61.5 Å². The number of hydrogen-bond acceptors (Lipinski definition) is 18. The molecule has 0 fully saturated rings. The Bertz CT molecular complexity index is 1940. The number of esters is 2. The molecule has 0 bridgehead atoms. The molecule has 26 heteroatoms. The number of nitrogens with one attached hydrogen (secondary N) is 5. The second kappa shape index (κ2) is 50.4. The van der Waals surface area contributed by atoms with Crippen LogP contribution in [0.3, 0.4) is 0 Å². The summed E-state index contributed by atoms with van der Waals surface area (Å²) in [7, 11) is -4.81. The summed E-state index contributed by atoms with van der Waals surface area (Å²) < 4.78 is 39.5. The molecule has 494 valence electrons. The molecule has 0 aliphatic rings. The fourth-order valence-corrected chi connectivity index (χ4v) is 9.71. The molecule has 11 N–H and O–H groups in total. The number of phosphoric acid groups is 1. The molecule has 0 rings (SSSR count). The van der Waals surface area contributed by atoms with Crippen LogP contribution in [0.1, 0.15) is 234 Å². The average molecular weight is 1240 g/mol. The van der Waals surface area contributed by atoms with Gasteiger partial charge in [0, 0.05) is 32.7 Å². The number of carbonyl (C=O) groups excluding carboxylic acids is 9. The molecular weight excluding hydrogens is 1130 g/mol. The van der Waals surface area contributed by atoms with Gasteiger partial charge in [-0.25, -0.2) is 4.57 Å². The van der Waals surface area contributed by atoms with Crippen LogP contribution in [0, 0.1) is 0 Å². The van der Waals surface area contributed by atoms with Crippen molar-refractivity contribution in [3.63, 3.8) is 0 Å². The number of hydrogen-bond donors (Lipinski definition) is 10. The van der Waals surface area contributed by atoms with E-state index in [1.54, 1.807) is 0 Å². The van der Waals surface area contributed by atoms with Gasteiger partial charge in [-0.15, -0.1) is 0 Å². The summed E-state index contributed by atoms with van der Waals surface area (Å²) in [5.74, 6) is -6.18. The van der Waals surface area contributed by atoms with Crippen LogP contribution in [0.25, 0.3) is 0 Å². The van der Waals surface area contributed by atoms with E-state index in [2.05, 4.69) is 40.4 Å². The molecule has 0 saturated heterocycles. The van der Waals surface area contributed by atoms with Gasteiger partial charge in [0.25, 0.3) is 0 Å². The largest absolute Gasteiger partial charge is 0.472 e. The van der Waals surface area contributed by atoms with Crippen molar-refractivity contribution in [1.82, 2.24) is 26.6 Å². The van der Waals surface area contributed by atoms with Crippen molar-refractivity contribution in [2.45, 2.75) is 289 Å². The van der Waals surface area contributed by atoms with Crippen molar-refractivity contribution in [1.29, 1.82) is 0 Å². The molecule has 10 atom stereocenters. The summed E-state index contributed by atoms with van der Waals surface area (Å²) in [5.41, 5.74) is 5.46. The lowest BCUT2D eigenvalue weighted by Gasteiger charge is -2.32. The van der Waals surface area contributed by atoms with Gasteiger partial charge in [-0.1, -0.05) is 168 Å². The SMILES string of the molecule is CCCCCCCCCCCCCCCC(=O)OCC(COP(=O)(O)OCCNC(=O)C(C)NC(=O)CCC(NC(=O)C(C)NC(=O)C(C)OC(C(C=O)NC(C)=O)C(O)C(O)CO)C(N)=O)OC(=O)CCCCCCCCCCCCCCC. The maximum atomic E-state index is 13.0. The summed E-state index contributed by atoms with van der Waals surface area (Å²) in [6.45, 7) is 6.40. The highest BCUT2D eigenvalue weighted by molar-refractivity contribution is 7.47. The van der Waals surface area contributed by atoms with Crippen molar-refractivity contribution in [2.75, 3.05) is 33.0 Å². The monoisotopic (exact) mass is 1240 g/mol. The summed E-state index contributed by atoms with van der Waals surface area (Å²) in [5, 5.41) is 41.4. The summed E-state index contributed by atoms with van der Waals surface area (Å²) >= 11 is 0. The predicted molar refractivity (Wildman–Crippen MR) is 319 cm³/mol. The number of unbranched alkanes of at least 4 members (excludes halogenated alkanes) is 24. The summed E-state index contributed by atoms with van der Waals surface area (Å²) in [6, 6.07) is -5.52. The van der Waals surface area contributed by atoms with Gasteiger partial charge in [-0.05, 0) is 40.0 Å². The van der Waals surface area contributed by atoms with E-state index in [4.69, 9.17) is 29.0 Å². The van der Waals surface area contributed by atoms with Crippen LogP contribution in [0.15, 0.2) is 0 Å². The highest BCUT2D eigenvalue weighted by Crippen LogP contribution is 2.43. The lowest BCUT2D eigenvalue weighted by Crippen LogP contribution is -2.57. The third kappa shape index (κ3) is 42.8. The summed E-state index contributed by atoms with van der Waals surface area (Å²) in [4.78, 5) is 123. The van der Waals surface area contributed by atoms with Crippen LogP contribution in [-0.2, 0) is 71.0 Å². The van der Waals surface area contributed by atoms with Crippen LogP contribution < -0.4 is 32.3 Å². The molecule has 0 spiro atoms. The van der Waals surface area contributed by atoms with Gasteiger partial charge < -0.3 is 71.5 Å². The highest BCUT2D eigenvalue weighted by Gasteiger charge is 2.37. The lowest BCUT2D eigenvalue weighted by molar-refractivity contribution is -0.161. The Hall–Kier alpha value is -4.62. The molecule has 85 heavy (non-hydrogen) atoms. The Labute approximate surface area is 505 Å². The van der Waals surface area contributed by atoms with E-state index in [0.717, 1.165) is 51.9 Å². The van der Waals surface area contributed by atoms with Crippen LogP contribution >= 0.6 is 7.82 Å². The molecule has 0 saturated carbocycles. The number of ether oxygens (including phenoxy) is 3. The number of primary amides is 1. The third-order valence-corrected chi connectivity index (χ3v) is 15.1. The zero-order valence-electron chi connectivity index (χ0n) is 52.0. The van der Waals surface area contributed by atoms with Gasteiger partial charge in [0.2, 0.25) is 35.4 Å². The van der Waals surface area contributed by atoms with Gasteiger partial charge in [0.15, 0.2) is 6.10 Å². The number of aldehydes is 1. The molecule has 0 aliphatic heterocycles. The van der Waals surface area contributed by atoms with Gasteiger partial charge >= 0.3 is 19.8 Å². The van der Waals surface area contributed by atoms with Crippen molar-refractivity contribution < 1.29 is 91.2 Å². The smallest absolute Gasteiger partial charge is 0.462 e. The van der Waals surface area contributed by atoms with Gasteiger partial charge in [-0.2, -0.15) is 0 Å². The molecule has 0 radical (unpaired) electrons. The van der Waals surface area contributed by atoms with E-state index in [0.29, 0.717) is 12.8 Å². The Morgan fingerprint density at radius 1 is 0.588 bits per heavy atom. The first-order valence-electron chi connectivity index (χ1n) is 31.3. The molecule has 0 aliphatic carbocycles. The molecule has 0 heterocycles. The van der Waals surface area contributed by atoms with Gasteiger partial charge in [0.05, 0.1) is 19.8 Å². The zero-order valence-corrected chi connectivity index (χ0v) is 52.9. The minimum atomic E-state index is -4.81. The summed E-state index contributed by atoms with van der Waals surface area (Å²) in [6.07, 6.45) is 21.3. The second-order valence-corrected chi connectivity index (χ2v) is 23.5. The molecule has 10 unspecified atom stereocenters. The number of amides is 6. The van der Waals surface area contributed by atoms with Crippen LogP contribution in [0.4, 0.5) is 0 Å². The number of nitrogens with two attached hydrogens (primary N) is 1. The number of phosphoric ester groups is 1. The Morgan fingerprint density at radius 2 is 1.06 bits per heavy atom. The maximum absolute atomic E-state index is 13.0. The van der Waals surface area contributed by atoms with Gasteiger partial charge in [0.1, 0.15) is 61.5 Å².